The fraction of sp³-hybridized carbons (Fsp3) is 0.111. The molecule has 0 aliphatic heterocycles. The van der Waals surface area contributed by atoms with Gasteiger partial charge in [-0.3, -0.25) is 20.4 Å². The fourth-order valence-corrected chi connectivity index (χ4v) is 4.41. The molecule has 0 atom stereocenters. The van der Waals surface area contributed by atoms with E-state index >= 15 is 0 Å². The van der Waals surface area contributed by atoms with E-state index in [4.69, 9.17) is 0 Å². The van der Waals surface area contributed by atoms with Crippen molar-refractivity contribution < 1.29 is 9.59 Å². The molecule has 0 aliphatic rings. The van der Waals surface area contributed by atoms with Crippen molar-refractivity contribution in [1.29, 1.82) is 0 Å². The number of nitrogens with one attached hydrogen (secondary N) is 2. The summed E-state index contributed by atoms with van der Waals surface area (Å²) in [5.74, 6) is -0.579. The molecular formula is C36H34N4O2. The molecule has 0 unspecified atom stereocenters. The quantitative estimate of drug-likeness (QED) is 0.190. The van der Waals surface area contributed by atoms with Crippen LogP contribution in [0.25, 0.3) is 0 Å². The predicted molar refractivity (Wildman–Crippen MR) is 172 cm³/mol. The minimum absolute atomic E-state index is 0.289. The average Bonchev–Trinajstić information content (AvgIpc) is 3.01. The number of carbonyl (C=O) groups excluding carboxylic acids is 2. The van der Waals surface area contributed by atoms with E-state index in [0.29, 0.717) is 22.5 Å². The Hall–Kier alpha value is -5.36. The zero-order valence-electron chi connectivity index (χ0n) is 24.3. The number of hydrogen-bond acceptors (Lipinski definition) is 4. The molecule has 0 aliphatic carbocycles. The highest BCUT2D eigenvalue weighted by Gasteiger charge is 2.23. The van der Waals surface area contributed by atoms with Gasteiger partial charge in [0, 0.05) is 11.1 Å². The van der Waals surface area contributed by atoms with Gasteiger partial charge in [0.05, 0.1) is 22.7 Å². The van der Waals surface area contributed by atoms with Crippen molar-refractivity contribution in [3.8, 4) is 0 Å². The Kier molecular flexibility index (Phi) is 8.34. The first kappa shape index (κ1) is 28.2. The number of amides is 2. The maximum atomic E-state index is 14.0. The Morgan fingerprint density at radius 3 is 1.10 bits per heavy atom. The maximum absolute atomic E-state index is 14.0. The van der Waals surface area contributed by atoms with Crippen LogP contribution in [0.3, 0.4) is 0 Å². The summed E-state index contributed by atoms with van der Waals surface area (Å²) in [6, 6.07) is 37.9. The van der Waals surface area contributed by atoms with Crippen molar-refractivity contribution >= 4 is 34.6 Å². The highest BCUT2D eigenvalue weighted by atomic mass is 16.2. The van der Waals surface area contributed by atoms with Gasteiger partial charge in [-0.1, -0.05) is 76.9 Å². The van der Waals surface area contributed by atoms with Crippen LogP contribution in [-0.4, -0.2) is 11.8 Å². The van der Waals surface area contributed by atoms with Crippen molar-refractivity contribution in [2.75, 3.05) is 20.9 Å². The minimum Gasteiger partial charge on any atom is -0.291 e. The van der Waals surface area contributed by atoms with Gasteiger partial charge in [0.25, 0.3) is 11.8 Å². The van der Waals surface area contributed by atoms with E-state index in [1.54, 1.807) is 24.3 Å². The molecule has 5 aromatic carbocycles. The molecule has 5 aromatic rings. The van der Waals surface area contributed by atoms with Crippen LogP contribution in [0.4, 0.5) is 22.7 Å². The highest BCUT2D eigenvalue weighted by molar-refractivity contribution is 6.11. The van der Waals surface area contributed by atoms with Crippen molar-refractivity contribution in [2.45, 2.75) is 27.7 Å². The lowest BCUT2D eigenvalue weighted by atomic mass is 10.1. The highest BCUT2D eigenvalue weighted by Crippen LogP contribution is 2.24. The van der Waals surface area contributed by atoms with Crippen LogP contribution >= 0.6 is 0 Å². The molecule has 0 aromatic heterocycles. The van der Waals surface area contributed by atoms with E-state index in [0.717, 1.165) is 33.6 Å². The Balaban J connectivity index is 1.48. The van der Waals surface area contributed by atoms with Crippen LogP contribution in [0.1, 0.15) is 43.0 Å². The fourth-order valence-electron chi connectivity index (χ4n) is 4.41. The van der Waals surface area contributed by atoms with E-state index in [9.17, 15) is 9.59 Å². The summed E-state index contributed by atoms with van der Waals surface area (Å²) in [6.45, 7) is 8.04. The van der Waals surface area contributed by atoms with Crippen LogP contribution in [0.2, 0.25) is 0 Å². The van der Waals surface area contributed by atoms with Crippen LogP contribution in [0, 0.1) is 27.7 Å². The topological polar surface area (TPSA) is 64.7 Å². The number of hydrogen-bond donors (Lipinski definition) is 2. The third-order valence-electron chi connectivity index (χ3n) is 6.93. The van der Waals surface area contributed by atoms with Gasteiger partial charge >= 0.3 is 0 Å². The average molecular weight is 555 g/mol. The summed E-state index contributed by atoms with van der Waals surface area (Å²) in [5.41, 5.74) is 14.6. The van der Waals surface area contributed by atoms with Gasteiger partial charge in [-0.05, 0) is 94.4 Å². The summed E-state index contributed by atoms with van der Waals surface area (Å²) in [6.07, 6.45) is 0. The van der Waals surface area contributed by atoms with Gasteiger partial charge in [-0.15, -0.1) is 0 Å². The lowest BCUT2D eigenvalue weighted by Gasteiger charge is -2.26. The third-order valence-corrected chi connectivity index (χ3v) is 6.93. The molecular weight excluding hydrogens is 520 g/mol. The van der Waals surface area contributed by atoms with Gasteiger partial charge < -0.3 is 0 Å². The smallest absolute Gasteiger partial charge is 0.276 e. The molecule has 0 radical (unpaired) electrons. The molecule has 6 heteroatoms. The molecule has 0 fully saturated rings. The second-order valence-electron chi connectivity index (χ2n) is 10.5. The molecule has 2 N–H and O–H groups in total. The molecule has 2 amide bonds. The van der Waals surface area contributed by atoms with Crippen LogP contribution in [0.15, 0.2) is 121 Å². The van der Waals surface area contributed by atoms with Crippen LogP contribution in [-0.2, 0) is 0 Å². The second-order valence-corrected chi connectivity index (χ2v) is 10.5. The summed E-state index contributed by atoms with van der Waals surface area (Å²) in [5, 5.41) is 3.02. The SMILES string of the molecule is Cc1ccc(NN(C(=O)c2cccc(C(=O)N(Nc3ccc(C)cc3)c3ccc(C)cc3)c2)c2ccc(C)cc2)cc1. The zero-order valence-corrected chi connectivity index (χ0v) is 24.3. The van der Waals surface area contributed by atoms with Crippen molar-refractivity contribution in [3.63, 3.8) is 0 Å². The van der Waals surface area contributed by atoms with Gasteiger partial charge in [0.15, 0.2) is 0 Å². The summed E-state index contributed by atoms with van der Waals surface area (Å²) < 4.78 is 0. The molecule has 0 heterocycles. The second kappa shape index (κ2) is 12.4. The number of benzene rings is 5. The number of aryl methyl sites for hydroxylation is 4. The number of anilines is 4. The van der Waals surface area contributed by atoms with Gasteiger partial charge in [0.1, 0.15) is 0 Å². The summed E-state index contributed by atoms with van der Waals surface area (Å²) in [7, 11) is 0. The minimum atomic E-state index is -0.289. The molecule has 0 saturated heterocycles. The van der Waals surface area contributed by atoms with Gasteiger partial charge in [0.2, 0.25) is 0 Å². The Bertz CT molecular complexity index is 1550. The standard InChI is InChI=1S/C36H34N4O2/c1-25-8-16-31(17-9-25)37-39(33-20-12-27(3)13-21-33)35(41)29-6-5-7-30(24-29)36(42)40(34-22-14-28(4)15-23-34)38-32-18-10-26(2)11-19-32/h5-24,37-38H,1-4H3. The van der Waals surface area contributed by atoms with E-state index < -0.39 is 0 Å². The Morgan fingerprint density at radius 2 is 0.762 bits per heavy atom. The van der Waals surface area contributed by atoms with Gasteiger partial charge in [-0.2, -0.15) is 0 Å². The first-order valence-electron chi connectivity index (χ1n) is 13.9. The molecule has 0 saturated carbocycles. The molecule has 42 heavy (non-hydrogen) atoms. The monoisotopic (exact) mass is 554 g/mol. The molecule has 0 bridgehead atoms. The predicted octanol–water partition coefficient (Wildman–Crippen LogP) is 8.27. The third kappa shape index (κ3) is 6.67. The first-order chi connectivity index (χ1) is 20.3. The molecule has 6 nitrogen and oxygen atoms in total. The molecule has 5 rings (SSSR count). The molecule has 0 spiro atoms. The van der Waals surface area contributed by atoms with Crippen LogP contribution < -0.4 is 20.9 Å². The zero-order chi connectivity index (χ0) is 29.6. The number of carbonyl (C=O) groups is 2. The lowest BCUT2D eigenvalue weighted by Crippen LogP contribution is -2.38. The summed E-state index contributed by atoms with van der Waals surface area (Å²) in [4.78, 5) is 28.0. The van der Waals surface area contributed by atoms with E-state index in [1.165, 1.54) is 10.0 Å². The number of nitrogens with zero attached hydrogens (tertiary/aromatic N) is 2. The van der Waals surface area contributed by atoms with Crippen molar-refractivity contribution in [2.24, 2.45) is 0 Å². The lowest BCUT2D eigenvalue weighted by molar-refractivity contribution is 0.0992. The number of rotatable bonds is 8. The van der Waals surface area contributed by atoms with Gasteiger partial charge in [-0.25, -0.2) is 10.0 Å². The van der Waals surface area contributed by atoms with Crippen molar-refractivity contribution in [1.82, 2.24) is 0 Å². The van der Waals surface area contributed by atoms with E-state index in [1.807, 2.05) is 125 Å². The number of hydrazine groups is 2. The maximum Gasteiger partial charge on any atom is 0.276 e. The largest absolute Gasteiger partial charge is 0.291 e. The molecule has 210 valence electrons. The summed E-state index contributed by atoms with van der Waals surface area (Å²) >= 11 is 0. The Labute approximate surface area is 247 Å². The van der Waals surface area contributed by atoms with Crippen LogP contribution in [0.5, 0.6) is 0 Å². The van der Waals surface area contributed by atoms with E-state index in [-0.39, 0.29) is 11.8 Å². The normalized spacial score (nSPS) is 10.6. The van der Waals surface area contributed by atoms with Crippen molar-refractivity contribution in [3.05, 3.63) is 155 Å². The van der Waals surface area contributed by atoms with E-state index in [2.05, 4.69) is 10.9 Å². The first-order valence-corrected chi connectivity index (χ1v) is 13.9. The Morgan fingerprint density at radius 1 is 0.452 bits per heavy atom.